The standard InChI is InChI=1S/C14H22N4O2/c1-9-12(14(19)20-2)13-16-7-5-11(18(13)17-9)10-4-3-6-15-8-10/h10-11,15-16H,3-8H2,1-2H3. The summed E-state index contributed by atoms with van der Waals surface area (Å²) in [5, 5.41) is 11.4. The lowest BCUT2D eigenvalue weighted by Gasteiger charge is -2.34. The number of carbonyl (C=O) groups is 1. The van der Waals surface area contributed by atoms with Gasteiger partial charge in [-0.05, 0) is 45.2 Å². The Kier molecular flexibility index (Phi) is 3.65. The van der Waals surface area contributed by atoms with E-state index in [9.17, 15) is 4.79 Å². The predicted molar refractivity (Wildman–Crippen MR) is 76.0 cm³/mol. The fraction of sp³-hybridized carbons (Fsp3) is 0.714. The van der Waals surface area contributed by atoms with Crippen LogP contribution in [0.3, 0.4) is 0 Å². The summed E-state index contributed by atoms with van der Waals surface area (Å²) < 4.78 is 6.89. The number of nitrogens with zero attached hydrogens (tertiary/aromatic N) is 2. The van der Waals surface area contributed by atoms with Crippen molar-refractivity contribution in [2.24, 2.45) is 5.92 Å². The highest BCUT2D eigenvalue weighted by molar-refractivity contribution is 5.96. The van der Waals surface area contributed by atoms with Gasteiger partial charge in [0.05, 0.1) is 18.8 Å². The highest BCUT2D eigenvalue weighted by Gasteiger charge is 2.33. The third-order valence-corrected chi connectivity index (χ3v) is 4.40. The number of fused-ring (bicyclic) bond motifs is 1. The van der Waals surface area contributed by atoms with Crippen LogP contribution in [0.5, 0.6) is 0 Å². The quantitative estimate of drug-likeness (QED) is 0.799. The average molecular weight is 278 g/mol. The summed E-state index contributed by atoms with van der Waals surface area (Å²) in [6.45, 7) is 4.90. The van der Waals surface area contributed by atoms with Gasteiger partial charge in [0.1, 0.15) is 11.4 Å². The van der Waals surface area contributed by atoms with Crippen LogP contribution >= 0.6 is 0 Å². The number of ether oxygens (including phenoxy) is 1. The molecule has 2 aliphatic rings. The van der Waals surface area contributed by atoms with Gasteiger partial charge in [-0.2, -0.15) is 5.10 Å². The fourth-order valence-electron chi connectivity index (χ4n) is 3.41. The largest absolute Gasteiger partial charge is 0.465 e. The SMILES string of the molecule is COC(=O)c1c(C)nn2c1NCCC2C1CCCNC1. The lowest BCUT2D eigenvalue weighted by Crippen LogP contribution is -2.38. The molecule has 0 saturated carbocycles. The molecule has 1 aromatic rings. The zero-order valence-electron chi connectivity index (χ0n) is 12.1. The number of hydrogen-bond donors (Lipinski definition) is 2. The minimum atomic E-state index is -0.307. The molecule has 2 N–H and O–H groups in total. The topological polar surface area (TPSA) is 68.2 Å². The van der Waals surface area contributed by atoms with Crippen LogP contribution in [-0.4, -0.2) is 42.5 Å². The van der Waals surface area contributed by atoms with Gasteiger partial charge in [-0.15, -0.1) is 0 Å². The molecule has 6 heteroatoms. The molecule has 2 aliphatic heterocycles. The fourth-order valence-corrected chi connectivity index (χ4v) is 3.41. The van der Waals surface area contributed by atoms with Crippen molar-refractivity contribution < 1.29 is 9.53 Å². The molecular weight excluding hydrogens is 256 g/mol. The molecular formula is C14H22N4O2. The molecule has 1 fully saturated rings. The second kappa shape index (κ2) is 5.44. The molecule has 1 aromatic heterocycles. The van der Waals surface area contributed by atoms with Crippen molar-refractivity contribution in [3.63, 3.8) is 0 Å². The summed E-state index contributed by atoms with van der Waals surface area (Å²) in [6, 6.07) is 0.371. The third-order valence-electron chi connectivity index (χ3n) is 4.40. The van der Waals surface area contributed by atoms with E-state index in [1.165, 1.54) is 20.0 Å². The van der Waals surface area contributed by atoms with Gasteiger partial charge in [-0.3, -0.25) is 0 Å². The van der Waals surface area contributed by atoms with E-state index in [2.05, 4.69) is 15.7 Å². The molecule has 0 amide bonds. The summed E-state index contributed by atoms with van der Waals surface area (Å²) in [5.74, 6) is 1.12. The maximum Gasteiger partial charge on any atom is 0.343 e. The zero-order valence-corrected chi connectivity index (χ0v) is 12.1. The summed E-state index contributed by atoms with van der Waals surface area (Å²) in [4.78, 5) is 11.9. The number of piperidine rings is 1. The smallest absolute Gasteiger partial charge is 0.343 e. The van der Waals surface area contributed by atoms with Gasteiger partial charge in [0.2, 0.25) is 0 Å². The molecule has 3 heterocycles. The van der Waals surface area contributed by atoms with Crippen molar-refractivity contribution in [1.29, 1.82) is 0 Å². The van der Waals surface area contributed by atoms with Crippen molar-refractivity contribution in [2.75, 3.05) is 32.1 Å². The Morgan fingerprint density at radius 1 is 1.40 bits per heavy atom. The van der Waals surface area contributed by atoms with Crippen LogP contribution in [0, 0.1) is 12.8 Å². The molecule has 2 atom stereocenters. The van der Waals surface area contributed by atoms with Gasteiger partial charge in [0.25, 0.3) is 0 Å². The zero-order chi connectivity index (χ0) is 14.1. The monoisotopic (exact) mass is 278 g/mol. The van der Waals surface area contributed by atoms with Gasteiger partial charge >= 0.3 is 5.97 Å². The van der Waals surface area contributed by atoms with E-state index in [0.29, 0.717) is 17.5 Å². The Morgan fingerprint density at radius 2 is 2.25 bits per heavy atom. The summed E-state index contributed by atoms with van der Waals surface area (Å²) in [5.41, 5.74) is 1.33. The lowest BCUT2D eigenvalue weighted by molar-refractivity contribution is 0.0600. The summed E-state index contributed by atoms with van der Waals surface area (Å²) in [6.07, 6.45) is 3.50. The predicted octanol–water partition coefficient (Wildman–Crippen LogP) is 1.33. The Bertz CT molecular complexity index is 506. The van der Waals surface area contributed by atoms with E-state index >= 15 is 0 Å². The molecule has 3 rings (SSSR count). The van der Waals surface area contributed by atoms with Gasteiger partial charge in [0, 0.05) is 6.54 Å². The average Bonchev–Trinajstić information content (AvgIpc) is 2.83. The molecule has 0 aliphatic carbocycles. The molecule has 0 radical (unpaired) electrons. The number of carbonyl (C=O) groups excluding carboxylic acids is 1. The van der Waals surface area contributed by atoms with Gasteiger partial charge < -0.3 is 15.4 Å². The summed E-state index contributed by atoms with van der Waals surface area (Å²) in [7, 11) is 1.41. The van der Waals surface area contributed by atoms with Crippen molar-refractivity contribution in [2.45, 2.75) is 32.2 Å². The number of hydrogen-bond acceptors (Lipinski definition) is 5. The van der Waals surface area contributed by atoms with Crippen molar-refractivity contribution in [1.82, 2.24) is 15.1 Å². The minimum Gasteiger partial charge on any atom is -0.465 e. The molecule has 1 saturated heterocycles. The van der Waals surface area contributed by atoms with Crippen molar-refractivity contribution in [3.8, 4) is 0 Å². The van der Waals surface area contributed by atoms with E-state index < -0.39 is 0 Å². The van der Waals surface area contributed by atoms with E-state index in [1.54, 1.807) is 0 Å². The Morgan fingerprint density at radius 3 is 2.95 bits per heavy atom. The van der Waals surface area contributed by atoms with E-state index in [4.69, 9.17) is 4.74 Å². The van der Waals surface area contributed by atoms with Gasteiger partial charge in [-0.1, -0.05) is 0 Å². The summed E-state index contributed by atoms with van der Waals surface area (Å²) >= 11 is 0. The van der Waals surface area contributed by atoms with Crippen molar-refractivity contribution in [3.05, 3.63) is 11.3 Å². The van der Waals surface area contributed by atoms with Crippen LogP contribution in [0.1, 0.15) is 41.4 Å². The Balaban J connectivity index is 1.94. The number of nitrogens with one attached hydrogen (secondary N) is 2. The maximum atomic E-state index is 11.9. The second-order valence-corrected chi connectivity index (χ2v) is 5.63. The number of aromatic nitrogens is 2. The first-order valence-corrected chi connectivity index (χ1v) is 7.34. The normalized spacial score (nSPS) is 25.7. The van der Waals surface area contributed by atoms with Crippen molar-refractivity contribution >= 4 is 11.8 Å². The van der Waals surface area contributed by atoms with Gasteiger partial charge in [0.15, 0.2) is 0 Å². The van der Waals surface area contributed by atoms with E-state index in [1.807, 2.05) is 11.6 Å². The number of aryl methyl sites for hydroxylation is 1. The van der Waals surface area contributed by atoms with Gasteiger partial charge in [-0.25, -0.2) is 9.48 Å². The number of anilines is 1. The molecule has 20 heavy (non-hydrogen) atoms. The van der Waals surface area contributed by atoms with Crippen LogP contribution in [0.25, 0.3) is 0 Å². The highest BCUT2D eigenvalue weighted by Crippen LogP contribution is 2.35. The molecule has 110 valence electrons. The minimum absolute atomic E-state index is 0.307. The van der Waals surface area contributed by atoms with E-state index in [0.717, 1.165) is 37.6 Å². The van der Waals surface area contributed by atoms with Crippen LogP contribution in [-0.2, 0) is 4.74 Å². The first-order valence-electron chi connectivity index (χ1n) is 7.34. The third kappa shape index (κ3) is 2.18. The Hall–Kier alpha value is -1.56. The molecule has 2 unspecified atom stereocenters. The van der Waals surface area contributed by atoms with E-state index in [-0.39, 0.29) is 5.97 Å². The number of rotatable bonds is 2. The molecule has 0 spiro atoms. The van der Waals surface area contributed by atoms with Crippen LogP contribution in [0.2, 0.25) is 0 Å². The van der Waals surface area contributed by atoms with Crippen LogP contribution in [0.15, 0.2) is 0 Å². The molecule has 0 aromatic carbocycles. The maximum absolute atomic E-state index is 11.9. The van der Waals surface area contributed by atoms with Crippen LogP contribution in [0.4, 0.5) is 5.82 Å². The van der Waals surface area contributed by atoms with Crippen LogP contribution < -0.4 is 10.6 Å². The number of esters is 1. The highest BCUT2D eigenvalue weighted by atomic mass is 16.5. The Labute approximate surface area is 118 Å². The first-order chi connectivity index (χ1) is 9.72. The first kappa shape index (κ1) is 13.4. The molecule has 6 nitrogen and oxygen atoms in total. The second-order valence-electron chi connectivity index (χ2n) is 5.63. The molecule has 0 bridgehead atoms. The lowest BCUT2D eigenvalue weighted by atomic mass is 9.89. The number of methoxy groups -OCH3 is 1.